The normalized spacial score (nSPS) is 23.6. The van der Waals surface area contributed by atoms with Crippen LogP contribution in [0, 0.1) is 0 Å². The van der Waals surface area contributed by atoms with Crippen LogP contribution < -0.4 is 4.74 Å². The van der Waals surface area contributed by atoms with Gasteiger partial charge in [-0.2, -0.15) is 0 Å². The van der Waals surface area contributed by atoms with E-state index in [9.17, 15) is 0 Å². The highest BCUT2D eigenvalue weighted by atomic mass is 16.5. The van der Waals surface area contributed by atoms with Gasteiger partial charge in [0.15, 0.2) is 0 Å². The predicted molar refractivity (Wildman–Crippen MR) is 61.6 cm³/mol. The Labute approximate surface area is 94.5 Å². The third kappa shape index (κ3) is 1.24. The standard InChI is InChI=1S/C13H14N2O/c1-13(12-8-14-9-15-12)6-7-16-11-5-3-2-4-10(11)13/h2-5,8-9H,6-7H2,1H3,(H,14,15). The molecule has 1 atom stereocenters. The summed E-state index contributed by atoms with van der Waals surface area (Å²) in [7, 11) is 0. The molecular formula is C13H14N2O. The molecule has 1 aromatic carbocycles. The SMILES string of the molecule is CC1(c2c[nH]cn2)CCOc2ccccc21. The molecule has 0 radical (unpaired) electrons. The molecule has 3 nitrogen and oxygen atoms in total. The molecule has 82 valence electrons. The van der Waals surface area contributed by atoms with Gasteiger partial charge in [-0.1, -0.05) is 18.2 Å². The number of aromatic nitrogens is 2. The van der Waals surface area contributed by atoms with E-state index in [0.29, 0.717) is 0 Å². The molecule has 2 heterocycles. The van der Waals surface area contributed by atoms with Gasteiger partial charge in [-0.3, -0.25) is 0 Å². The summed E-state index contributed by atoms with van der Waals surface area (Å²) < 4.78 is 5.68. The van der Waals surface area contributed by atoms with Crippen molar-refractivity contribution in [3.63, 3.8) is 0 Å². The molecule has 0 saturated carbocycles. The first-order valence-corrected chi connectivity index (χ1v) is 5.52. The van der Waals surface area contributed by atoms with Gasteiger partial charge in [0, 0.05) is 17.2 Å². The Morgan fingerprint density at radius 1 is 1.38 bits per heavy atom. The molecule has 0 bridgehead atoms. The second-order valence-corrected chi connectivity index (χ2v) is 4.38. The highest BCUT2D eigenvalue weighted by Gasteiger charge is 2.36. The van der Waals surface area contributed by atoms with Gasteiger partial charge in [-0.05, 0) is 19.4 Å². The van der Waals surface area contributed by atoms with Crippen LogP contribution in [-0.4, -0.2) is 16.6 Å². The van der Waals surface area contributed by atoms with Crippen molar-refractivity contribution in [1.29, 1.82) is 0 Å². The minimum Gasteiger partial charge on any atom is -0.493 e. The van der Waals surface area contributed by atoms with Crippen LogP contribution in [0.3, 0.4) is 0 Å². The highest BCUT2D eigenvalue weighted by molar-refractivity contribution is 5.45. The van der Waals surface area contributed by atoms with Gasteiger partial charge >= 0.3 is 0 Å². The van der Waals surface area contributed by atoms with Gasteiger partial charge in [0.25, 0.3) is 0 Å². The molecule has 2 aromatic rings. The van der Waals surface area contributed by atoms with Crippen molar-refractivity contribution in [2.24, 2.45) is 0 Å². The van der Waals surface area contributed by atoms with E-state index < -0.39 is 0 Å². The number of hydrogen-bond donors (Lipinski definition) is 1. The molecule has 0 amide bonds. The quantitative estimate of drug-likeness (QED) is 0.792. The fourth-order valence-corrected chi connectivity index (χ4v) is 2.38. The van der Waals surface area contributed by atoms with Crippen LogP contribution >= 0.6 is 0 Å². The van der Waals surface area contributed by atoms with E-state index in [2.05, 4.69) is 29.0 Å². The molecule has 0 saturated heterocycles. The number of aromatic amines is 1. The number of para-hydroxylation sites is 1. The molecule has 1 unspecified atom stereocenters. The summed E-state index contributed by atoms with van der Waals surface area (Å²) >= 11 is 0. The Morgan fingerprint density at radius 3 is 3.06 bits per heavy atom. The van der Waals surface area contributed by atoms with E-state index in [-0.39, 0.29) is 5.41 Å². The number of nitrogens with one attached hydrogen (secondary N) is 1. The molecule has 0 spiro atoms. The van der Waals surface area contributed by atoms with Crippen molar-refractivity contribution in [3.8, 4) is 5.75 Å². The van der Waals surface area contributed by atoms with E-state index in [1.807, 2.05) is 18.3 Å². The number of ether oxygens (including phenoxy) is 1. The monoisotopic (exact) mass is 214 g/mol. The molecule has 1 aliphatic heterocycles. The van der Waals surface area contributed by atoms with Crippen LogP contribution in [0.4, 0.5) is 0 Å². The third-order valence-electron chi connectivity index (χ3n) is 3.40. The number of nitrogens with zero attached hydrogens (tertiary/aromatic N) is 1. The van der Waals surface area contributed by atoms with Crippen molar-refractivity contribution in [2.45, 2.75) is 18.8 Å². The number of fused-ring (bicyclic) bond motifs is 1. The maximum absolute atomic E-state index is 5.68. The largest absolute Gasteiger partial charge is 0.493 e. The van der Waals surface area contributed by atoms with Gasteiger partial charge in [-0.25, -0.2) is 4.98 Å². The topological polar surface area (TPSA) is 37.9 Å². The number of rotatable bonds is 1. The molecule has 16 heavy (non-hydrogen) atoms. The molecule has 1 aliphatic rings. The Bertz CT molecular complexity index is 492. The summed E-state index contributed by atoms with van der Waals surface area (Å²) in [6.45, 7) is 2.98. The molecule has 3 rings (SSSR count). The number of benzene rings is 1. The lowest BCUT2D eigenvalue weighted by Gasteiger charge is -2.34. The van der Waals surface area contributed by atoms with Crippen LogP contribution in [0.25, 0.3) is 0 Å². The minimum atomic E-state index is -0.0329. The lowest BCUT2D eigenvalue weighted by atomic mass is 9.75. The Hall–Kier alpha value is -1.77. The molecular weight excluding hydrogens is 200 g/mol. The smallest absolute Gasteiger partial charge is 0.123 e. The van der Waals surface area contributed by atoms with Crippen molar-refractivity contribution < 1.29 is 4.74 Å². The van der Waals surface area contributed by atoms with E-state index in [1.54, 1.807) is 6.33 Å². The Kier molecular flexibility index (Phi) is 1.99. The van der Waals surface area contributed by atoms with Crippen molar-refractivity contribution >= 4 is 0 Å². The first-order valence-electron chi connectivity index (χ1n) is 5.52. The lowest BCUT2D eigenvalue weighted by molar-refractivity contribution is 0.241. The second kappa shape index (κ2) is 3.37. The van der Waals surface area contributed by atoms with Gasteiger partial charge in [0.2, 0.25) is 0 Å². The summed E-state index contributed by atoms with van der Waals surface area (Å²) in [6, 6.07) is 8.22. The Balaban J connectivity index is 2.17. The molecule has 1 aromatic heterocycles. The highest BCUT2D eigenvalue weighted by Crippen LogP contribution is 2.42. The van der Waals surface area contributed by atoms with Gasteiger partial charge in [0.1, 0.15) is 5.75 Å². The number of hydrogen-bond acceptors (Lipinski definition) is 2. The zero-order valence-corrected chi connectivity index (χ0v) is 9.23. The maximum Gasteiger partial charge on any atom is 0.123 e. The maximum atomic E-state index is 5.68. The molecule has 1 N–H and O–H groups in total. The van der Waals surface area contributed by atoms with E-state index in [1.165, 1.54) is 5.56 Å². The van der Waals surface area contributed by atoms with Gasteiger partial charge < -0.3 is 9.72 Å². The number of imidazole rings is 1. The summed E-state index contributed by atoms with van der Waals surface area (Å²) in [5.74, 6) is 0.985. The minimum absolute atomic E-state index is 0.0329. The van der Waals surface area contributed by atoms with Gasteiger partial charge in [0.05, 0.1) is 18.6 Å². The molecule has 3 heteroatoms. The Morgan fingerprint density at radius 2 is 2.25 bits per heavy atom. The third-order valence-corrected chi connectivity index (χ3v) is 3.40. The van der Waals surface area contributed by atoms with Crippen LogP contribution in [0.15, 0.2) is 36.8 Å². The van der Waals surface area contributed by atoms with Crippen LogP contribution in [0.2, 0.25) is 0 Å². The average molecular weight is 214 g/mol. The van der Waals surface area contributed by atoms with Gasteiger partial charge in [-0.15, -0.1) is 0 Å². The molecule has 0 fully saturated rings. The summed E-state index contributed by atoms with van der Waals surface area (Å²) in [6.07, 6.45) is 4.68. The fraction of sp³-hybridized carbons (Fsp3) is 0.308. The van der Waals surface area contributed by atoms with E-state index in [4.69, 9.17) is 4.74 Å². The average Bonchev–Trinajstić information content (AvgIpc) is 2.84. The predicted octanol–water partition coefficient (Wildman–Crippen LogP) is 2.50. The summed E-state index contributed by atoms with van der Waals surface area (Å²) in [5.41, 5.74) is 2.28. The van der Waals surface area contributed by atoms with Crippen molar-refractivity contribution in [3.05, 3.63) is 48.0 Å². The van der Waals surface area contributed by atoms with E-state index in [0.717, 1.165) is 24.5 Å². The first-order chi connectivity index (χ1) is 7.81. The zero-order chi connectivity index (χ0) is 11.0. The van der Waals surface area contributed by atoms with Crippen LogP contribution in [0.1, 0.15) is 24.6 Å². The summed E-state index contributed by atoms with van der Waals surface area (Å²) in [4.78, 5) is 7.43. The summed E-state index contributed by atoms with van der Waals surface area (Å²) in [5, 5.41) is 0. The fourth-order valence-electron chi connectivity index (χ4n) is 2.38. The lowest BCUT2D eigenvalue weighted by Crippen LogP contribution is -2.31. The zero-order valence-electron chi connectivity index (χ0n) is 9.23. The van der Waals surface area contributed by atoms with Crippen molar-refractivity contribution in [2.75, 3.05) is 6.61 Å². The number of H-pyrrole nitrogens is 1. The molecule has 0 aliphatic carbocycles. The van der Waals surface area contributed by atoms with E-state index >= 15 is 0 Å². The van der Waals surface area contributed by atoms with Crippen LogP contribution in [-0.2, 0) is 5.41 Å². The first kappa shape index (κ1) is 9.46. The van der Waals surface area contributed by atoms with Crippen LogP contribution in [0.5, 0.6) is 5.75 Å². The second-order valence-electron chi connectivity index (χ2n) is 4.38. The van der Waals surface area contributed by atoms with Crippen molar-refractivity contribution in [1.82, 2.24) is 9.97 Å².